The average Bonchev–Trinajstić information content (AvgIpc) is 2.90. The van der Waals surface area contributed by atoms with E-state index in [1.807, 2.05) is 18.2 Å². The van der Waals surface area contributed by atoms with Gasteiger partial charge in [0, 0.05) is 61.4 Å². The van der Waals surface area contributed by atoms with Crippen LogP contribution in [0.25, 0.3) is 0 Å². The molecule has 0 aromatic heterocycles. The SMILES string of the molecule is CN1C(NCCN2CCNCC2)NCC1c1c(Cl)cccc1Cl.Cl. The van der Waals surface area contributed by atoms with Gasteiger partial charge in [-0.3, -0.25) is 20.4 Å². The van der Waals surface area contributed by atoms with Crippen LogP contribution >= 0.6 is 35.6 Å². The van der Waals surface area contributed by atoms with Gasteiger partial charge in [-0.05, 0) is 19.2 Å². The van der Waals surface area contributed by atoms with Crippen LogP contribution in [0.4, 0.5) is 0 Å². The molecule has 0 radical (unpaired) electrons. The Kier molecular flexibility index (Phi) is 8.04. The molecule has 1 aromatic rings. The van der Waals surface area contributed by atoms with Crippen LogP contribution < -0.4 is 16.0 Å². The fourth-order valence-corrected chi connectivity index (χ4v) is 3.99. The Labute approximate surface area is 160 Å². The monoisotopic (exact) mass is 393 g/mol. The highest BCUT2D eigenvalue weighted by molar-refractivity contribution is 6.36. The largest absolute Gasteiger partial charge is 0.314 e. The van der Waals surface area contributed by atoms with Crippen molar-refractivity contribution in [1.82, 2.24) is 25.8 Å². The van der Waals surface area contributed by atoms with E-state index in [0.29, 0.717) is 0 Å². The van der Waals surface area contributed by atoms with Crippen molar-refractivity contribution in [2.75, 3.05) is 52.9 Å². The second-order valence-electron chi connectivity index (χ2n) is 6.17. The highest BCUT2D eigenvalue weighted by Crippen LogP contribution is 2.35. The molecule has 1 aromatic carbocycles. The number of halogens is 3. The number of benzene rings is 1. The van der Waals surface area contributed by atoms with Gasteiger partial charge in [-0.1, -0.05) is 29.3 Å². The van der Waals surface area contributed by atoms with Gasteiger partial charge < -0.3 is 5.32 Å². The van der Waals surface area contributed by atoms with Crippen molar-refractivity contribution in [3.8, 4) is 0 Å². The zero-order valence-corrected chi connectivity index (χ0v) is 16.2. The van der Waals surface area contributed by atoms with Crippen molar-refractivity contribution in [3.05, 3.63) is 33.8 Å². The van der Waals surface area contributed by atoms with Gasteiger partial charge in [0.2, 0.25) is 0 Å². The first kappa shape index (κ1) is 20.2. The molecule has 0 saturated carbocycles. The van der Waals surface area contributed by atoms with Gasteiger partial charge in [0.1, 0.15) is 6.29 Å². The molecule has 0 amide bonds. The van der Waals surface area contributed by atoms with Crippen LogP contribution in [0.3, 0.4) is 0 Å². The van der Waals surface area contributed by atoms with E-state index in [2.05, 4.69) is 32.8 Å². The maximum Gasteiger partial charge on any atom is 0.114 e. The van der Waals surface area contributed by atoms with Crippen molar-refractivity contribution < 1.29 is 0 Å². The third kappa shape index (κ3) is 4.74. The molecule has 2 atom stereocenters. The zero-order chi connectivity index (χ0) is 16.2. The summed E-state index contributed by atoms with van der Waals surface area (Å²) in [4.78, 5) is 4.76. The fraction of sp³-hybridized carbons (Fsp3) is 0.625. The lowest BCUT2D eigenvalue weighted by Gasteiger charge is -2.30. The molecule has 2 aliphatic rings. The van der Waals surface area contributed by atoms with Crippen molar-refractivity contribution in [2.45, 2.75) is 12.3 Å². The van der Waals surface area contributed by atoms with Crippen molar-refractivity contribution in [1.29, 1.82) is 0 Å². The quantitative estimate of drug-likeness (QED) is 0.710. The van der Waals surface area contributed by atoms with Crippen LogP contribution in [0.1, 0.15) is 11.6 Å². The van der Waals surface area contributed by atoms with E-state index >= 15 is 0 Å². The standard InChI is InChI=1S/C16H25Cl2N5.ClH/c1-22-14(15-12(17)3-2-4-13(15)18)11-21-16(22)20-7-10-23-8-5-19-6-9-23;/h2-4,14,16,19-21H,5-11H2,1H3;1H. The minimum Gasteiger partial charge on any atom is -0.314 e. The van der Waals surface area contributed by atoms with E-state index in [-0.39, 0.29) is 24.7 Å². The van der Waals surface area contributed by atoms with E-state index in [0.717, 1.165) is 61.4 Å². The topological polar surface area (TPSA) is 42.6 Å². The predicted molar refractivity (Wildman–Crippen MR) is 103 cm³/mol. The van der Waals surface area contributed by atoms with E-state index in [9.17, 15) is 0 Å². The van der Waals surface area contributed by atoms with Gasteiger partial charge in [-0.15, -0.1) is 12.4 Å². The molecule has 2 saturated heterocycles. The van der Waals surface area contributed by atoms with Crippen molar-refractivity contribution in [3.63, 3.8) is 0 Å². The normalized spacial score (nSPS) is 25.6. The Bertz CT molecular complexity index is 504. The third-order valence-electron chi connectivity index (χ3n) is 4.71. The summed E-state index contributed by atoms with van der Waals surface area (Å²) >= 11 is 12.7. The highest BCUT2D eigenvalue weighted by atomic mass is 35.5. The number of rotatable bonds is 5. The second-order valence-corrected chi connectivity index (χ2v) is 6.99. The molecule has 3 N–H and O–H groups in total. The molecular formula is C16H26Cl3N5. The molecule has 5 nitrogen and oxygen atoms in total. The highest BCUT2D eigenvalue weighted by Gasteiger charge is 2.33. The van der Waals surface area contributed by atoms with Crippen molar-refractivity contribution >= 4 is 35.6 Å². The smallest absolute Gasteiger partial charge is 0.114 e. The molecular weight excluding hydrogens is 369 g/mol. The molecule has 2 aliphatic heterocycles. The molecule has 8 heteroatoms. The molecule has 2 fully saturated rings. The lowest BCUT2D eigenvalue weighted by molar-refractivity contribution is 0.184. The Hall–Kier alpha value is -0.110. The van der Waals surface area contributed by atoms with Gasteiger partial charge in [0.25, 0.3) is 0 Å². The van der Waals surface area contributed by atoms with Gasteiger partial charge >= 0.3 is 0 Å². The number of piperazine rings is 1. The molecule has 136 valence electrons. The maximum absolute atomic E-state index is 6.36. The summed E-state index contributed by atoms with van der Waals surface area (Å²) in [5, 5.41) is 11.9. The van der Waals surface area contributed by atoms with Crippen LogP contribution in [-0.4, -0.2) is 69.0 Å². The van der Waals surface area contributed by atoms with Crippen LogP contribution in [0.2, 0.25) is 10.0 Å². The minimum atomic E-state index is 0. The lowest BCUT2D eigenvalue weighted by Crippen LogP contribution is -2.51. The number of hydrogen-bond acceptors (Lipinski definition) is 5. The van der Waals surface area contributed by atoms with E-state index in [1.54, 1.807) is 0 Å². The lowest BCUT2D eigenvalue weighted by atomic mass is 10.1. The van der Waals surface area contributed by atoms with E-state index in [4.69, 9.17) is 23.2 Å². The van der Waals surface area contributed by atoms with E-state index in [1.165, 1.54) is 0 Å². The van der Waals surface area contributed by atoms with Crippen LogP contribution in [-0.2, 0) is 0 Å². The predicted octanol–water partition coefficient (Wildman–Crippen LogP) is 1.77. The van der Waals surface area contributed by atoms with Gasteiger partial charge in [-0.25, -0.2) is 0 Å². The Balaban J connectivity index is 0.00000208. The Morgan fingerprint density at radius 3 is 2.54 bits per heavy atom. The molecule has 0 aliphatic carbocycles. The maximum atomic E-state index is 6.36. The summed E-state index contributed by atoms with van der Waals surface area (Å²) in [6.45, 7) is 7.33. The summed E-state index contributed by atoms with van der Waals surface area (Å²) < 4.78 is 0. The molecule has 2 heterocycles. The fourth-order valence-electron chi connectivity index (χ4n) is 3.34. The van der Waals surface area contributed by atoms with Crippen molar-refractivity contribution in [2.24, 2.45) is 0 Å². The van der Waals surface area contributed by atoms with Crippen LogP contribution in [0, 0.1) is 0 Å². The number of nitrogens with one attached hydrogen (secondary N) is 3. The van der Waals surface area contributed by atoms with Crippen LogP contribution in [0.5, 0.6) is 0 Å². The second kappa shape index (κ2) is 9.55. The summed E-state index contributed by atoms with van der Waals surface area (Å²) in [5.74, 6) is 0. The van der Waals surface area contributed by atoms with Crippen LogP contribution in [0.15, 0.2) is 18.2 Å². The van der Waals surface area contributed by atoms with Gasteiger partial charge in [-0.2, -0.15) is 0 Å². The average molecular weight is 395 g/mol. The minimum absolute atomic E-state index is 0. The molecule has 24 heavy (non-hydrogen) atoms. The first-order valence-corrected chi connectivity index (χ1v) is 8.98. The molecule has 2 unspecified atom stereocenters. The van der Waals surface area contributed by atoms with Gasteiger partial charge in [0.05, 0.1) is 6.04 Å². The summed E-state index contributed by atoms with van der Waals surface area (Å²) in [6, 6.07) is 5.89. The first-order chi connectivity index (χ1) is 11.2. The first-order valence-electron chi connectivity index (χ1n) is 8.22. The van der Waals surface area contributed by atoms with Gasteiger partial charge in [0.15, 0.2) is 0 Å². The Morgan fingerprint density at radius 2 is 1.88 bits per heavy atom. The molecule has 0 bridgehead atoms. The summed E-state index contributed by atoms with van der Waals surface area (Å²) in [5.41, 5.74) is 1.01. The summed E-state index contributed by atoms with van der Waals surface area (Å²) in [6.07, 6.45) is 0.148. The Morgan fingerprint density at radius 1 is 1.21 bits per heavy atom. The van der Waals surface area contributed by atoms with E-state index < -0.39 is 0 Å². The number of hydrogen-bond donors (Lipinski definition) is 3. The third-order valence-corrected chi connectivity index (χ3v) is 5.37. The zero-order valence-electron chi connectivity index (χ0n) is 13.9. The molecule has 3 rings (SSSR count). The number of likely N-dealkylation sites (N-methyl/N-ethyl adjacent to an activating group) is 1. The molecule has 0 spiro atoms. The number of nitrogens with zero attached hydrogens (tertiary/aromatic N) is 2. The summed E-state index contributed by atoms with van der Waals surface area (Å²) in [7, 11) is 2.10.